The number of benzene rings is 1. The highest BCUT2D eigenvalue weighted by Gasteiger charge is 2.09. The molecule has 14 heavy (non-hydrogen) atoms. The molecule has 0 aliphatic heterocycles. The highest BCUT2D eigenvalue weighted by atomic mass is 32.1. The van der Waals surface area contributed by atoms with E-state index in [-0.39, 0.29) is 16.4 Å². The molecule has 2 aromatic rings. The van der Waals surface area contributed by atoms with Gasteiger partial charge in [0.2, 0.25) is 0 Å². The van der Waals surface area contributed by atoms with E-state index in [9.17, 15) is 5.11 Å². The summed E-state index contributed by atoms with van der Waals surface area (Å²) in [6, 6.07) is 6.92. The minimum absolute atomic E-state index is 0.0735. The van der Waals surface area contributed by atoms with Crippen LogP contribution in [0.1, 0.15) is 5.56 Å². The summed E-state index contributed by atoms with van der Waals surface area (Å²) in [5.74, 6) is -0.0735. The third-order valence-electron chi connectivity index (χ3n) is 1.98. The largest absolute Gasteiger partial charge is 0.505 e. The first kappa shape index (κ1) is 8.90. The fourth-order valence-electron chi connectivity index (χ4n) is 1.30. The Kier molecular flexibility index (Phi) is 2.05. The van der Waals surface area contributed by atoms with Gasteiger partial charge in [-0.1, -0.05) is 12.1 Å². The van der Waals surface area contributed by atoms with Crippen LogP contribution in [-0.2, 0) is 0 Å². The number of rotatable bonds is 1. The second kappa shape index (κ2) is 3.23. The first-order chi connectivity index (χ1) is 6.70. The molecular weight excluding hydrogens is 198 g/mol. The number of aliphatic hydroxyl groups is 1. The van der Waals surface area contributed by atoms with Crippen LogP contribution in [0.15, 0.2) is 30.5 Å². The molecule has 0 aliphatic carbocycles. The van der Waals surface area contributed by atoms with Gasteiger partial charge >= 0.3 is 0 Å². The highest BCUT2D eigenvalue weighted by molar-refractivity contribution is 7.80. The second-order valence-corrected chi connectivity index (χ2v) is 3.23. The number of hydrogen-bond donors (Lipinski definition) is 2. The van der Waals surface area contributed by atoms with E-state index < -0.39 is 0 Å². The minimum Gasteiger partial charge on any atom is -0.505 e. The molecule has 0 amide bonds. The van der Waals surface area contributed by atoms with Crippen LogP contribution in [0.4, 0.5) is 0 Å². The standard InChI is InChI=1S/C10H7NO2S/c12-9-7(10(13)14)4-3-6-2-1-5-11-8(6)9/h1-5,12H,(H,13,14). The molecule has 0 unspecified atom stereocenters. The maximum atomic E-state index is 9.71. The maximum Gasteiger partial charge on any atom is 0.192 e. The number of pyridine rings is 1. The smallest absolute Gasteiger partial charge is 0.192 e. The molecule has 3 nitrogen and oxygen atoms in total. The molecule has 0 fully saturated rings. The Balaban J connectivity index is 2.81. The monoisotopic (exact) mass is 205 g/mol. The molecule has 2 rings (SSSR count). The maximum absolute atomic E-state index is 9.71. The third-order valence-corrected chi connectivity index (χ3v) is 2.20. The van der Waals surface area contributed by atoms with Gasteiger partial charge in [-0.2, -0.15) is 0 Å². The number of fused-ring (bicyclic) bond motifs is 1. The van der Waals surface area contributed by atoms with E-state index in [1.54, 1.807) is 24.4 Å². The van der Waals surface area contributed by atoms with Crippen molar-refractivity contribution in [3.63, 3.8) is 0 Å². The lowest BCUT2D eigenvalue weighted by Crippen LogP contribution is -1.95. The topological polar surface area (TPSA) is 53.4 Å². The average Bonchev–Trinajstić information content (AvgIpc) is 2.18. The molecule has 0 spiro atoms. The van der Waals surface area contributed by atoms with E-state index in [4.69, 9.17) is 5.11 Å². The number of phenols is 1. The summed E-state index contributed by atoms with van der Waals surface area (Å²) in [6.45, 7) is 0. The van der Waals surface area contributed by atoms with Crippen molar-refractivity contribution in [3.05, 3.63) is 36.0 Å². The van der Waals surface area contributed by atoms with Gasteiger partial charge in [0.15, 0.2) is 10.8 Å². The molecule has 2 N–H and O–H groups in total. The number of hydrogen-bond acceptors (Lipinski definition) is 3. The van der Waals surface area contributed by atoms with E-state index >= 15 is 0 Å². The van der Waals surface area contributed by atoms with Crippen molar-refractivity contribution in [2.45, 2.75) is 0 Å². The van der Waals surface area contributed by atoms with Gasteiger partial charge in [-0.05, 0) is 24.4 Å². The van der Waals surface area contributed by atoms with Gasteiger partial charge in [-0.25, -0.2) is 0 Å². The molecule has 0 radical (unpaired) electrons. The van der Waals surface area contributed by atoms with E-state index in [0.717, 1.165) is 5.39 Å². The summed E-state index contributed by atoms with van der Waals surface area (Å²) in [6.07, 6.45) is 1.58. The number of nitrogens with zero attached hydrogens (tertiary/aromatic N) is 1. The first-order valence-corrected chi connectivity index (χ1v) is 4.41. The van der Waals surface area contributed by atoms with Gasteiger partial charge in [-0.15, -0.1) is 0 Å². The molecule has 4 heteroatoms. The van der Waals surface area contributed by atoms with Crippen LogP contribution in [0.3, 0.4) is 0 Å². The fraction of sp³-hybridized carbons (Fsp3) is 0. The molecule has 0 atom stereocenters. The predicted molar refractivity (Wildman–Crippen MR) is 57.7 cm³/mol. The zero-order chi connectivity index (χ0) is 10.1. The van der Waals surface area contributed by atoms with Crippen molar-refractivity contribution >= 4 is 28.2 Å². The Labute approximate surface area is 85.6 Å². The van der Waals surface area contributed by atoms with Crippen LogP contribution >= 0.6 is 12.2 Å². The summed E-state index contributed by atoms with van der Waals surface area (Å²) in [7, 11) is 0. The van der Waals surface area contributed by atoms with Gasteiger partial charge in [0.05, 0.1) is 5.56 Å². The van der Waals surface area contributed by atoms with Crippen LogP contribution in [0.5, 0.6) is 5.75 Å². The Morgan fingerprint density at radius 2 is 2.07 bits per heavy atom. The number of aromatic nitrogens is 1. The lowest BCUT2D eigenvalue weighted by Gasteiger charge is -2.03. The molecule has 0 aliphatic rings. The van der Waals surface area contributed by atoms with E-state index in [0.29, 0.717) is 5.52 Å². The van der Waals surface area contributed by atoms with Gasteiger partial charge in [0.25, 0.3) is 0 Å². The molecule has 1 aromatic carbocycles. The van der Waals surface area contributed by atoms with Gasteiger partial charge < -0.3 is 10.2 Å². The molecule has 0 bridgehead atoms. The predicted octanol–water partition coefficient (Wildman–Crippen LogP) is 2.17. The van der Waals surface area contributed by atoms with Crippen molar-refractivity contribution in [2.75, 3.05) is 0 Å². The van der Waals surface area contributed by atoms with E-state index in [1.165, 1.54) is 0 Å². The molecular formula is C10H7NO2S. The third kappa shape index (κ3) is 1.29. The van der Waals surface area contributed by atoms with Crippen LogP contribution in [0.25, 0.3) is 10.9 Å². The van der Waals surface area contributed by atoms with Crippen molar-refractivity contribution < 1.29 is 10.2 Å². The average molecular weight is 205 g/mol. The van der Waals surface area contributed by atoms with Gasteiger partial charge in [-0.3, -0.25) is 4.98 Å². The summed E-state index contributed by atoms with van der Waals surface area (Å²) in [5, 5.41) is 19.3. The Bertz CT molecular complexity index is 510. The Hall–Kier alpha value is -1.68. The minimum atomic E-state index is -0.324. The summed E-state index contributed by atoms with van der Waals surface area (Å²) in [5.41, 5.74) is 0.688. The Morgan fingerprint density at radius 1 is 1.29 bits per heavy atom. The lowest BCUT2D eigenvalue weighted by molar-refractivity contribution is 0.475. The van der Waals surface area contributed by atoms with Crippen molar-refractivity contribution in [1.29, 1.82) is 0 Å². The van der Waals surface area contributed by atoms with Crippen LogP contribution in [0, 0.1) is 0 Å². The van der Waals surface area contributed by atoms with Crippen molar-refractivity contribution in [1.82, 2.24) is 4.98 Å². The van der Waals surface area contributed by atoms with Crippen LogP contribution in [0.2, 0.25) is 0 Å². The van der Waals surface area contributed by atoms with Crippen LogP contribution in [-0.4, -0.2) is 20.2 Å². The van der Waals surface area contributed by atoms with Gasteiger partial charge in [0, 0.05) is 11.6 Å². The quantitative estimate of drug-likeness (QED) is 0.700. The van der Waals surface area contributed by atoms with E-state index in [2.05, 4.69) is 17.2 Å². The molecule has 1 aromatic heterocycles. The highest BCUT2D eigenvalue weighted by Crippen LogP contribution is 2.26. The lowest BCUT2D eigenvalue weighted by atomic mass is 10.1. The van der Waals surface area contributed by atoms with Crippen molar-refractivity contribution in [2.24, 2.45) is 0 Å². The second-order valence-electron chi connectivity index (χ2n) is 2.84. The molecule has 0 saturated heterocycles. The fourth-order valence-corrected chi connectivity index (χ4v) is 1.47. The molecule has 1 heterocycles. The summed E-state index contributed by atoms with van der Waals surface area (Å²) >= 11 is 4.58. The molecule has 70 valence electrons. The SMILES string of the molecule is OC(=S)c1ccc2cccnc2c1O. The van der Waals surface area contributed by atoms with Crippen LogP contribution < -0.4 is 0 Å². The first-order valence-electron chi connectivity index (χ1n) is 4.00. The number of phenolic OH excluding ortho intramolecular Hbond substituents is 1. The van der Waals surface area contributed by atoms with Gasteiger partial charge in [0.1, 0.15) is 5.52 Å². The summed E-state index contributed by atoms with van der Waals surface area (Å²) < 4.78 is 0. The Morgan fingerprint density at radius 3 is 2.79 bits per heavy atom. The normalized spacial score (nSPS) is 10.3. The van der Waals surface area contributed by atoms with Crippen molar-refractivity contribution in [3.8, 4) is 5.75 Å². The summed E-state index contributed by atoms with van der Waals surface area (Å²) in [4.78, 5) is 4.00. The number of thiocarbonyl (C=S) groups is 1. The van der Waals surface area contributed by atoms with E-state index in [1.807, 2.05) is 6.07 Å². The zero-order valence-electron chi connectivity index (χ0n) is 7.14. The number of aromatic hydroxyl groups is 1. The molecule has 0 saturated carbocycles. The zero-order valence-corrected chi connectivity index (χ0v) is 7.95. The number of aliphatic hydroxyl groups excluding tert-OH is 1.